The molecule has 3 heterocycles. The highest BCUT2D eigenvalue weighted by Gasteiger charge is 2.37. The Balaban J connectivity index is 1.24. The smallest absolute Gasteiger partial charge is 0.362 e. The van der Waals surface area contributed by atoms with Crippen LogP contribution in [0.2, 0.25) is 0 Å². The summed E-state index contributed by atoms with van der Waals surface area (Å²) in [6, 6.07) is 6.55. The third-order valence-electron chi connectivity index (χ3n) is 6.77. The Hall–Kier alpha value is -2.35. The van der Waals surface area contributed by atoms with Crippen molar-refractivity contribution in [3.05, 3.63) is 58.7 Å². The summed E-state index contributed by atoms with van der Waals surface area (Å²) >= 11 is 0. The maximum absolute atomic E-state index is 13.9. The summed E-state index contributed by atoms with van der Waals surface area (Å²) < 4.78 is 66.6. The fourth-order valence-electron chi connectivity index (χ4n) is 5.27. The monoisotopic (exact) mass is 437 g/mol. The summed E-state index contributed by atoms with van der Waals surface area (Å²) in [6.45, 7) is 3.20. The van der Waals surface area contributed by atoms with Gasteiger partial charge in [0, 0.05) is 13.1 Å². The summed E-state index contributed by atoms with van der Waals surface area (Å²) in [5.74, 6) is -1.46. The number of hydrogen-bond donors (Lipinski definition) is 1. The average Bonchev–Trinajstić information content (AvgIpc) is 3.06. The molecule has 0 radical (unpaired) electrons. The Morgan fingerprint density at radius 1 is 1.00 bits per heavy atom. The Morgan fingerprint density at radius 3 is 2.52 bits per heavy atom. The van der Waals surface area contributed by atoms with Crippen LogP contribution in [0.3, 0.4) is 0 Å². The molecule has 8 heteroatoms. The van der Waals surface area contributed by atoms with Crippen molar-refractivity contribution in [2.75, 3.05) is 36.4 Å². The molecule has 3 nitrogen and oxygen atoms in total. The number of nitrogens with zero attached hydrogens (tertiary/aromatic N) is 2. The molecule has 31 heavy (non-hydrogen) atoms. The van der Waals surface area contributed by atoms with Crippen LogP contribution in [0.15, 0.2) is 30.3 Å². The molecule has 0 aromatic heterocycles. The minimum absolute atomic E-state index is 0.0117. The first-order valence-corrected chi connectivity index (χ1v) is 10.7. The van der Waals surface area contributed by atoms with E-state index in [9.17, 15) is 22.0 Å². The van der Waals surface area contributed by atoms with Gasteiger partial charge in [-0.15, -0.1) is 0 Å². The number of rotatable bonds is 3. The average molecular weight is 437 g/mol. The molecule has 1 fully saturated rings. The van der Waals surface area contributed by atoms with Crippen molar-refractivity contribution in [1.82, 2.24) is 4.90 Å². The molecule has 5 rings (SSSR count). The number of hydrogen-bond acceptors (Lipinski definition) is 3. The molecule has 2 aromatic carbocycles. The van der Waals surface area contributed by atoms with E-state index in [1.165, 1.54) is 6.07 Å². The summed E-state index contributed by atoms with van der Waals surface area (Å²) in [7, 11) is 0. The first-order valence-electron chi connectivity index (χ1n) is 10.7. The lowest BCUT2D eigenvalue weighted by atomic mass is 9.88. The van der Waals surface area contributed by atoms with E-state index in [0.29, 0.717) is 5.56 Å². The number of benzene rings is 2. The number of alkyl halides is 3. The van der Waals surface area contributed by atoms with Crippen molar-refractivity contribution >= 4 is 11.4 Å². The van der Waals surface area contributed by atoms with E-state index in [2.05, 4.69) is 15.1 Å². The number of halogens is 5. The molecule has 3 aliphatic heterocycles. The van der Waals surface area contributed by atoms with Gasteiger partial charge in [0.25, 0.3) is 0 Å². The molecule has 1 unspecified atom stereocenters. The lowest BCUT2D eigenvalue weighted by molar-refractivity contribution is -0.140. The Morgan fingerprint density at radius 2 is 1.77 bits per heavy atom. The molecule has 0 saturated carbocycles. The second-order valence-corrected chi connectivity index (χ2v) is 8.73. The van der Waals surface area contributed by atoms with Crippen LogP contribution in [0.4, 0.5) is 33.3 Å². The van der Waals surface area contributed by atoms with Gasteiger partial charge >= 0.3 is 6.18 Å². The van der Waals surface area contributed by atoms with E-state index < -0.39 is 17.6 Å². The lowest BCUT2D eigenvalue weighted by Gasteiger charge is -2.37. The maximum Gasteiger partial charge on any atom is 0.419 e. The van der Waals surface area contributed by atoms with E-state index >= 15 is 0 Å². The zero-order chi connectivity index (χ0) is 21.8. The molecule has 0 bridgehead atoms. The number of piperidine rings is 1. The van der Waals surface area contributed by atoms with Crippen molar-refractivity contribution in [2.45, 2.75) is 43.9 Å². The van der Waals surface area contributed by atoms with Gasteiger partial charge in [-0.3, -0.25) is 4.90 Å². The topological polar surface area (TPSA) is 18.5 Å². The Kier molecular flexibility index (Phi) is 5.07. The van der Waals surface area contributed by atoms with Crippen LogP contribution in [0.1, 0.15) is 41.9 Å². The van der Waals surface area contributed by atoms with Crippen molar-refractivity contribution < 1.29 is 22.0 Å². The molecule has 1 atom stereocenters. The van der Waals surface area contributed by atoms with E-state index in [4.69, 9.17) is 0 Å². The van der Waals surface area contributed by atoms with E-state index in [-0.39, 0.29) is 17.9 Å². The summed E-state index contributed by atoms with van der Waals surface area (Å²) in [5, 5.41) is 3.46. The van der Waals surface area contributed by atoms with Crippen LogP contribution in [-0.2, 0) is 12.6 Å². The predicted molar refractivity (Wildman–Crippen MR) is 109 cm³/mol. The molecular formula is C23H24F5N3. The highest BCUT2D eigenvalue weighted by atomic mass is 19.4. The van der Waals surface area contributed by atoms with Gasteiger partial charge in [0.15, 0.2) is 0 Å². The predicted octanol–water partition coefficient (Wildman–Crippen LogP) is 5.37. The van der Waals surface area contributed by atoms with Crippen LogP contribution < -0.4 is 10.2 Å². The minimum Gasteiger partial charge on any atom is -0.362 e. The van der Waals surface area contributed by atoms with Crippen LogP contribution in [0.25, 0.3) is 0 Å². The first-order chi connectivity index (χ1) is 14.8. The van der Waals surface area contributed by atoms with Gasteiger partial charge in [0.1, 0.15) is 17.8 Å². The molecule has 1 saturated heterocycles. The third-order valence-corrected chi connectivity index (χ3v) is 6.77. The van der Waals surface area contributed by atoms with Gasteiger partial charge < -0.3 is 10.2 Å². The van der Waals surface area contributed by atoms with Gasteiger partial charge in [-0.2, -0.15) is 13.2 Å². The molecule has 0 amide bonds. The van der Waals surface area contributed by atoms with Crippen LogP contribution in [0, 0.1) is 11.6 Å². The van der Waals surface area contributed by atoms with E-state index in [1.807, 2.05) is 0 Å². The fourth-order valence-corrected chi connectivity index (χ4v) is 5.27. The number of anilines is 2. The minimum atomic E-state index is -4.68. The Bertz CT molecular complexity index is 982. The van der Waals surface area contributed by atoms with Gasteiger partial charge in [-0.25, -0.2) is 8.78 Å². The summed E-state index contributed by atoms with van der Waals surface area (Å²) in [4.78, 5) is 4.62. The second kappa shape index (κ2) is 7.65. The van der Waals surface area contributed by atoms with Gasteiger partial charge in [0.05, 0.1) is 16.9 Å². The zero-order valence-electron chi connectivity index (χ0n) is 17.0. The molecule has 2 aromatic rings. The van der Waals surface area contributed by atoms with Crippen LogP contribution in [-0.4, -0.2) is 37.2 Å². The normalized spacial score (nSPS) is 21.8. The van der Waals surface area contributed by atoms with Crippen molar-refractivity contribution in [3.63, 3.8) is 0 Å². The van der Waals surface area contributed by atoms with Crippen molar-refractivity contribution in [3.8, 4) is 0 Å². The van der Waals surface area contributed by atoms with E-state index in [1.54, 1.807) is 12.1 Å². The fraction of sp³-hybridized carbons (Fsp3) is 0.478. The molecular weight excluding hydrogens is 413 g/mol. The van der Waals surface area contributed by atoms with Gasteiger partial charge in [0.2, 0.25) is 0 Å². The number of likely N-dealkylation sites (tertiary alicyclic amines) is 1. The van der Waals surface area contributed by atoms with Crippen molar-refractivity contribution in [1.29, 1.82) is 0 Å². The quantitative estimate of drug-likeness (QED) is 0.652. The van der Waals surface area contributed by atoms with Gasteiger partial charge in [-0.1, -0.05) is 6.07 Å². The largest absolute Gasteiger partial charge is 0.419 e. The van der Waals surface area contributed by atoms with Crippen LogP contribution in [0.5, 0.6) is 0 Å². The summed E-state index contributed by atoms with van der Waals surface area (Å²) in [6.07, 6.45) is -1.30. The lowest BCUT2D eigenvalue weighted by Crippen LogP contribution is -2.48. The van der Waals surface area contributed by atoms with E-state index in [0.717, 1.165) is 80.9 Å². The second-order valence-electron chi connectivity index (χ2n) is 8.73. The number of nitrogens with one attached hydrogen (secondary N) is 1. The van der Waals surface area contributed by atoms with Gasteiger partial charge in [-0.05, 0) is 80.1 Å². The molecule has 0 aliphatic carbocycles. The third kappa shape index (κ3) is 3.86. The Labute approximate surface area is 177 Å². The first kappa shape index (κ1) is 20.5. The zero-order valence-corrected chi connectivity index (χ0v) is 17.0. The molecule has 166 valence electrons. The highest BCUT2D eigenvalue weighted by molar-refractivity contribution is 5.80. The summed E-state index contributed by atoms with van der Waals surface area (Å²) in [5.41, 5.74) is 2.37. The van der Waals surface area contributed by atoms with Crippen LogP contribution >= 0.6 is 0 Å². The highest BCUT2D eigenvalue weighted by Crippen LogP contribution is 2.42. The molecule has 0 spiro atoms. The molecule has 1 N–H and O–H groups in total. The maximum atomic E-state index is 13.9. The SMILES string of the molecule is Fc1cc2c3c(c1)NC(CN1CCC(c4ccc(F)c(C(F)(F)F)c4)CC1)N3CCC2. The standard InChI is InChI=1S/C23H24F5N3/c24-17-10-16-2-1-7-31-21(29-20(12-17)22(16)31)13-30-8-5-14(6-9-30)15-3-4-19(25)18(11-15)23(26,27)28/h3-4,10-12,14,21,29H,1-2,5-9,13H2. The van der Waals surface area contributed by atoms with Crippen molar-refractivity contribution in [2.24, 2.45) is 0 Å². The number of aryl methyl sites for hydroxylation is 1. The molecule has 3 aliphatic rings.